The smallest absolute Gasteiger partial charge is 0.323 e. The van der Waals surface area contributed by atoms with E-state index in [4.69, 9.17) is 4.74 Å². The molecule has 1 unspecified atom stereocenters. The van der Waals surface area contributed by atoms with Crippen molar-refractivity contribution in [2.24, 2.45) is 5.41 Å². The van der Waals surface area contributed by atoms with Gasteiger partial charge in [-0.25, -0.2) is 0 Å². The van der Waals surface area contributed by atoms with Gasteiger partial charge in [0.2, 0.25) is 0 Å². The molecule has 0 radical (unpaired) electrons. The molecule has 0 aliphatic heterocycles. The minimum Gasteiger partial charge on any atom is -0.465 e. The normalized spacial score (nSPS) is 20.9. The molecule has 1 aliphatic rings. The molecule has 0 saturated heterocycles. The number of carbonyl (C=O) groups excluding carboxylic acids is 1. The summed E-state index contributed by atoms with van der Waals surface area (Å²) in [5.74, 6) is -0.131. The van der Waals surface area contributed by atoms with Crippen LogP contribution in [0.3, 0.4) is 0 Å². The van der Waals surface area contributed by atoms with Crippen LogP contribution in [0.25, 0.3) is 0 Å². The Morgan fingerprint density at radius 1 is 1.40 bits per heavy atom. The van der Waals surface area contributed by atoms with Crippen molar-refractivity contribution in [1.82, 2.24) is 10.2 Å². The topological polar surface area (TPSA) is 41.6 Å². The van der Waals surface area contributed by atoms with E-state index in [0.29, 0.717) is 18.1 Å². The molecule has 0 aromatic heterocycles. The van der Waals surface area contributed by atoms with Crippen molar-refractivity contribution in [3.05, 3.63) is 0 Å². The molecular weight excluding hydrogens is 252 g/mol. The van der Waals surface area contributed by atoms with Crippen molar-refractivity contribution < 1.29 is 9.53 Å². The maximum Gasteiger partial charge on any atom is 0.323 e. The Morgan fingerprint density at radius 2 is 2.00 bits per heavy atom. The van der Waals surface area contributed by atoms with Gasteiger partial charge in [0.05, 0.1) is 6.61 Å². The lowest BCUT2D eigenvalue weighted by Crippen LogP contribution is -2.42. The van der Waals surface area contributed by atoms with E-state index in [2.05, 4.69) is 31.1 Å². The fourth-order valence-corrected chi connectivity index (χ4v) is 2.96. The van der Waals surface area contributed by atoms with Crippen molar-refractivity contribution in [2.75, 3.05) is 27.2 Å². The van der Waals surface area contributed by atoms with Crippen molar-refractivity contribution in [1.29, 1.82) is 0 Å². The zero-order valence-electron chi connectivity index (χ0n) is 13.9. The van der Waals surface area contributed by atoms with Crippen LogP contribution in [0.2, 0.25) is 0 Å². The highest BCUT2D eigenvalue weighted by Crippen LogP contribution is 2.36. The summed E-state index contributed by atoms with van der Waals surface area (Å²) in [6, 6.07) is 0.486. The molecule has 20 heavy (non-hydrogen) atoms. The first-order valence-corrected chi connectivity index (χ1v) is 7.93. The van der Waals surface area contributed by atoms with Crippen LogP contribution >= 0.6 is 0 Å². The molecule has 1 N–H and O–H groups in total. The highest BCUT2D eigenvalue weighted by Gasteiger charge is 2.29. The third-order valence-electron chi connectivity index (χ3n) is 4.62. The second-order valence-electron chi connectivity index (χ2n) is 6.76. The Labute approximate surface area is 124 Å². The van der Waals surface area contributed by atoms with Gasteiger partial charge in [-0.05, 0) is 58.5 Å². The monoisotopic (exact) mass is 284 g/mol. The van der Waals surface area contributed by atoms with E-state index in [-0.39, 0.29) is 12.0 Å². The zero-order valence-corrected chi connectivity index (χ0v) is 13.9. The first-order chi connectivity index (χ1) is 9.39. The van der Waals surface area contributed by atoms with Crippen LogP contribution in [0, 0.1) is 5.41 Å². The van der Waals surface area contributed by atoms with E-state index >= 15 is 0 Å². The summed E-state index contributed by atoms with van der Waals surface area (Å²) in [6.07, 6.45) is 5.96. The Balaban J connectivity index is 2.35. The van der Waals surface area contributed by atoms with Gasteiger partial charge in [-0.1, -0.05) is 13.8 Å². The van der Waals surface area contributed by atoms with E-state index in [1.54, 1.807) is 0 Å². The van der Waals surface area contributed by atoms with E-state index in [9.17, 15) is 4.79 Å². The molecule has 1 fully saturated rings. The predicted molar refractivity (Wildman–Crippen MR) is 82.8 cm³/mol. The van der Waals surface area contributed by atoms with Crippen LogP contribution in [0.4, 0.5) is 0 Å². The molecule has 4 nitrogen and oxygen atoms in total. The van der Waals surface area contributed by atoms with Crippen molar-refractivity contribution in [3.63, 3.8) is 0 Å². The Morgan fingerprint density at radius 3 is 2.50 bits per heavy atom. The van der Waals surface area contributed by atoms with Crippen molar-refractivity contribution in [2.45, 2.75) is 65.0 Å². The molecule has 1 aliphatic carbocycles. The molecule has 0 aromatic carbocycles. The number of hydrogen-bond donors (Lipinski definition) is 1. The van der Waals surface area contributed by atoms with Crippen LogP contribution in [0.15, 0.2) is 0 Å². The Bertz CT molecular complexity index is 295. The summed E-state index contributed by atoms with van der Waals surface area (Å²) in [5.41, 5.74) is 0.510. The number of esters is 1. The highest BCUT2D eigenvalue weighted by molar-refractivity contribution is 5.75. The number of nitrogens with one attached hydrogen (secondary N) is 1. The van der Waals surface area contributed by atoms with Gasteiger partial charge in [0.1, 0.15) is 6.04 Å². The molecule has 0 heterocycles. The van der Waals surface area contributed by atoms with Crippen LogP contribution in [0.1, 0.15) is 52.9 Å². The van der Waals surface area contributed by atoms with Crippen LogP contribution in [-0.4, -0.2) is 50.2 Å². The van der Waals surface area contributed by atoms with Crippen LogP contribution in [-0.2, 0) is 9.53 Å². The summed E-state index contributed by atoms with van der Waals surface area (Å²) in [4.78, 5) is 14.2. The minimum atomic E-state index is -0.183. The lowest BCUT2D eigenvalue weighted by atomic mass is 9.75. The summed E-state index contributed by atoms with van der Waals surface area (Å²) in [5, 5.41) is 3.06. The van der Waals surface area contributed by atoms with Gasteiger partial charge in [-0.3, -0.25) is 4.79 Å². The molecule has 1 rings (SSSR count). The third-order valence-corrected chi connectivity index (χ3v) is 4.62. The summed E-state index contributed by atoms with van der Waals surface area (Å²) < 4.78 is 5.08. The lowest BCUT2D eigenvalue weighted by Gasteiger charge is -2.39. The van der Waals surface area contributed by atoms with Crippen LogP contribution < -0.4 is 5.32 Å². The van der Waals surface area contributed by atoms with Gasteiger partial charge < -0.3 is 15.0 Å². The molecule has 118 valence electrons. The van der Waals surface area contributed by atoms with E-state index < -0.39 is 0 Å². The Hall–Kier alpha value is -0.610. The maximum absolute atomic E-state index is 11.7. The van der Waals surface area contributed by atoms with Gasteiger partial charge >= 0.3 is 5.97 Å². The average Bonchev–Trinajstić information content (AvgIpc) is 2.39. The third kappa shape index (κ3) is 5.41. The maximum atomic E-state index is 11.7. The van der Waals surface area contributed by atoms with E-state index in [0.717, 1.165) is 13.0 Å². The largest absolute Gasteiger partial charge is 0.465 e. The number of rotatable bonds is 7. The molecule has 0 spiro atoms. The Kier molecular flexibility index (Phi) is 6.96. The molecule has 1 atom stereocenters. The quantitative estimate of drug-likeness (QED) is 0.729. The fraction of sp³-hybridized carbons (Fsp3) is 0.938. The SMILES string of the molecule is CCOC(=O)C(CCN(C)C1CCC(C)(C)CC1)NC. The van der Waals surface area contributed by atoms with Gasteiger partial charge in [0.25, 0.3) is 0 Å². The van der Waals surface area contributed by atoms with Gasteiger partial charge in [-0.2, -0.15) is 0 Å². The zero-order chi connectivity index (χ0) is 15.2. The summed E-state index contributed by atoms with van der Waals surface area (Å²) in [7, 11) is 4.01. The van der Waals surface area contributed by atoms with E-state index in [1.807, 2.05) is 14.0 Å². The van der Waals surface area contributed by atoms with Crippen molar-refractivity contribution >= 4 is 5.97 Å². The number of nitrogens with zero attached hydrogens (tertiary/aromatic N) is 1. The first kappa shape index (κ1) is 17.4. The number of hydrogen-bond acceptors (Lipinski definition) is 4. The average molecular weight is 284 g/mol. The second kappa shape index (κ2) is 7.99. The number of carbonyl (C=O) groups is 1. The molecule has 0 aromatic rings. The van der Waals surface area contributed by atoms with Gasteiger partial charge in [0.15, 0.2) is 0 Å². The molecule has 4 heteroatoms. The first-order valence-electron chi connectivity index (χ1n) is 7.93. The molecule has 0 bridgehead atoms. The standard InChI is InChI=1S/C16H32N2O2/c1-6-20-15(19)14(17-4)9-12-18(5)13-7-10-16(2,3)11-8-13/h13-14,17H,6-12H2,1-5H3. The summed E-state index contributed by atoms with van der Waals surface area (Å²) >= 11 is 0. The van der Waals surface area contributed by atoms with Crippen LogP contribution in [0.5, 0.6) is 0 Å². The van der Waals surface area contributed by atoms with Crippen molar-refractivity contribution in [3.8, 4) is 0 Å². The number of likely N-dealkylation sites (N-methyl/N-ethyl adjacent to an activating group) is 1. The van der Waals surface area contributed by atoms with E-state index in [1.165, 1.54) is 25.7 Å². The molecule has 1 saturated carbocycles. The summed E-state index contributed by atoms with van der Waals surface area (Å²) in [6.45, 7) is 7.96. The second-order valence-corrected chi connectivity index (χ2v) is 6.76. The minimum absolute atomic E-state index is 0.131. The van der Waals surface area contributed by atoms with Gasteiger partial charge in [-0.15, -0.1) is 0 Å². The highest BCUT2D eigenvalue weighted by atomic mass is 16.5. The predicted octanol–water partition coefficient (Wildman–Crippen LogP) is 2.43. The lowest BCUT2D eigenvalue weighted by molar-refractivity contribution is -0.145. The molecule has 0 amide bonds. The fourth-order valence-electron chi connectivity index (χ4n) is 2.96. The number of ether oxygens (including phenoxy) is 1. The molecular formula is C16H32N2O2. The van der Waals surface area contributed by atoms with Gasteiger partial charge in [0, 0.05) is 12.6 Å².